The monoisotopic (exact) mass is 262 g/mol. The van der Waals surface area contributed by atoms with Crippen LogP contribution in [0.4, 0.5) is 0 Å². The van der Waals surface area contributed by atoms with Crippen LogP contribution in [0.3, 0.4) is 0 Å². The molecule has 0 aromatic heterocycles. The Balaban J connectivity index is 0.00000144. The van der Waals surface area contributed by atoms with Crippen molar-refractivity contribution in [1.82, 2.24) is 5.32 Å². The number of rotatable bonds is 4. The first-order valence-electron chi connectivity index (χ1n) is 6.43. The fourth-order valence-electron chi connectivity index (χ4n) is 2.65. The van der Waals surface area contributed by atoms with Gasteiger partial charge in [0.15, 0.2) is 0 Å². The highest BCUT2D eigenvalue weighted by Gasteiger charge is 2.30. The largest absolute Gasteiger partial charge is 0.364 e. The van der Waals surface area contributed by atoms with Crippen LogP contribution >= 0.6 is 12.4 Å². The predicted octanol–water partition coefficient (Wildman–Crippen LogP) is 1.22. The molecule has 0 aromatic rings. The lowest BCUT2D eigenvalue weighted by Gasteiger charge is -2.15. The van der Waals surface area contributed by atoms with E-state index in [4.69, 9.17) is 10.5 Å². The average molecular weight is 263 g/mol. The Hall–Kier alpha value is -0.320. The van der Waals surface area contributed by atoms with Crippen molar-refractivity contribution in [2.45, 2.75) is 50.7 Å². The molecular weight excluding hydrogens is 240 g/mol. The summed E-state index contributed by atoms with van der Waals surface area (Å²) in [5.41, 5.74) is 5.51. The van der Waals surface area contributed by atoms with Crippen LogP contribution in [0.25, 0.3) is 0 Å². The maximum absolute atomic E-state index is 11.8. The number of nitrogens with two attached hydrogens (primary N) is 1. The molecule has 0 radical (unpaired) electrons. The van der Waals surface area contributed by atoms with Gasteiger partial charge in [0.2, 0.25) is 5.91 Å². The summed E-state index contributed by atoms with van der Waals surface area (Å²) in [4.78, 5) is 11.8. The zero-order valence-corrected chi connectivity index (χ0v) is 11.0. The number of hydrogen-bond acceptors (Lipinski definition) is 3. The van der Waals surface area contributed by atoms with Gasteiger partial charge in [0.05, 0.1) is 6.10 Å². The average Bonchev–Trinajstić information content (AvgIpc) is 2.96. The molecule has 1 amide bonds. The van der Waals surface area contributed by atoms with Gasteiger partial charge in [0.1, 0.15) is 6.10 Å². The molecule has 0 unspecified atom stereocenters. The standard InChI is InChI=1S/C12H22N2O2.ClH/c13-7-10-5-6-11(16-10)12(15)14-8-9-3-1-2-4-9;/h9-11H,1-8,13H2,(H,14,15);1H/t10-,11+;/m1./s1. The topological polar surface area (TPSA) is 64.4 Å². The molecule has 1 aliphatic carbocycles. The number of hydrogen-bond donors (Lipinski definition) is 2. The van der Waals surface area contributed by atoms with Gasteiger partial charge < -0.3 is 15.8 Å². The van der Waals surface area contributed by atoms with Crippen LogP contribution in [0.15, 0.2) is 0 Å². The summed E-state index contributed by atoms with van der Waals surface area (Å²) in [5.74, 6) is 0.749. The van der Waals surface area contributed by atoms with Crippen LogP contribution < -0.4 is 11.1 Å². The van der Waals surface area contributed by atoms with E-state index in [9.17, 15) is 4.79 Å². The maximum atomic E-state index is 11.8. The molecule has 2 atom stereocenters. The molecule has 5 heteroatoms. The van der Waals surface area contributed by atoms with Crippen LogP contribution in [0, 0.1) is 5.92 Å². The minimum absolute atomic E-state index is 0. The smallest absolute Gasteiger partial charge is 0.249 e. The minimum atomic E-state index is -0.255. The minimum Gasteiger partial charge on any atom is -0.364 e. The molecule has 17 heavy (non-hydrogen) atoms. The predicted molar refractivity (Wildman–Crippen MR) is 69.2 cm³/mol. The van der Waals surface area contributed by atoms with Gasteiger partial charge in [0, 0.05) is 13.1 Å². The van der Waals surface area contributed by atoms with Crippen molar-refractivity contribution >= 4 is 18.3 Å². The number of ether oxygens (including phenoxy) is 1. The van der Waals surface area contributed by atoms with Gasteiger partial charge in [-0.2, -0.15) is 0 Å². The second kappa shape index (κ2) is 7.19. The Kier molecular flexibility index (Phi) is 6.23. The van der Waals surface area contributed by atoms with Gasteiger partial charge in [-0.15, -0.1) is 12.4 Å². The Morgan fingerprint density at radius 2 is 1.94 bits per heavy atom. The van der Waals surface area contributed by atoms with Gasteiger partial charge in [-0.1, -0.05) is 12.8 Å². The van der Waals surface area contributed by atoms with E-state index in [2.05, 4.69) is 5.32 Å². The maximum Gasteiger partial charge on any atom is 0.249 e. The first kappa shape index (κ1) is 14.7. The van der Waals surface area contributed by atoms with Crippen molar-refractivity contribution in [3.63, 3.8) is 0 Å². The normalized spacial score (nSPS) is 29.0. The molecule has 100 valence electrons. The Morgan fingerprint density at radius 3 is 2.53 bits per heavy atom. The number of carbonyl (C=O) groups excluding carboxylic acids is 1. The van der Waals surface area contributed by atoms with Crippen LogP contribution in [-0.2, 0) is 9.53 Å². The molecule has 3 N–H and O–H groups in total. The van der Waals surface area contributed by atoms with Gasteiger partial charge >= 0.3 is 0 Å². The summed E-state index contributed by atoms with van der Waals surface area (Å²) < 4.78 is 5.55. The molecule has 2 aliphatic rings. The first-order chi connectivity index (χ1) is 7.79. The third kappa shape index (κ3) is 4.12. The Morgan fingerprint density at radius 1 is 1.24 bits per heavy atom. The molecule has 1 saturated heterocycles. The van der Waals surface area contributed by atoms with Crippen molar-refractivity contribution in [2.75, 3.05) is 13.1 Å². The highest BCUT2D eigenvalue weighted by atomic mass is 35.5. The zero-order chi connectivity index (χ0) is 11.4. The van der Waals surface area contributed by atoms with E-state index in [-0.39, 0.29) is 30.5 Å². The van der Waals surface area contributed by atoms with Crippen molar-refractivity contribution in [3.05, 3.63) is 0 Å². The van der Waals surface area contributed by atoms with Gasteiger partial charge in [-0.25, -0.2) is 0 Å². The fourth-order valence-corrected chi connectivity index (χ4v) is 2.65. The van der Waals surface area contributed by atoms with E-state index < -0.39 is 0 Å². The molecule has 2 fully saturated rings. The molecule has 4 nitrogen and oxygen atoms in total. The zero-order valence-electron chi connectivity index (χ0n) is 10.2. The highest BCUT2D eigenvalue weighted by molar-refractivity contribution is 5.85. The summed E-state index contributed by atoms with van der Waals surface area (Å²) in [5, 5.41) is 3.01. The quantitative estimate of drug-likeness (QED) is 0.801. The van der Waals surface area contributed by atoms with E-state index in [0.717, 1.165) is 19.4 Å². The lowest BCUT2D eigenvalue weighted by atomic mass is 10.1. The van der Waals surface area contributed by atoms with Crippen LogP contribution in [0.5, 0.6) is 0 Å². The first-order valence-corrected chi connectivity index (χ1v) is 6.43. The molecule has 1 saturated carbocycles. The summed E-state index contributed by atoms with van der Waals surface area (Å²) in [6.45, 7) is 1.35. The van der Waals surface area contributed by atoms with E-state index in [1.165, 1.54) is 25.7 Å². The molecule has 0 aromatic carbocycles. The van der Waals surface area contributed by atoms with Crippen molar-refractivity contribution in [1.29, 1.82) is 0 Å². The number of carbonyl (C=O) groups is 1. The second-order valence-corrected chi connectivity index (χ2v) is 4.96. The summed E-state index contributed by atoms with van der Waals surface area (Å²) >= 11 is 0. The van der Waals surface area contributed by atoms with Crippen LogP contribution in [0.1, 0.15) is 38.5 Å². The number of halogens is 1. The third-order valence-corrected chi connectivity index (χ3v) is 3.70. The molecule has 0 spiro atoms. The summed E-state index contributed by atoms with van der Waals surface area (Å²) in [7, 11) is 0. The summed E-state index contributed by atoms with van der Waals surface area (Å²) in [6, 6.07) is 0. The fraction of sp³-hybridized carbons (Fsp3) is 0.917. The SMILES string of the molecule is Cl.NC[C@H]1CC[C@@H](C(=O)NCC2CCCC2)O1. The van der Waals surface area contributed by atoms with E-state index in [1.54, 1.807) is 0 Å². The van der Waals surface area contributed by atoms with Crippen LogP contribution in [-0.4, -0.2) is 31.2 Å². The van der Waals surface area contributed by atoms with Crippen molar-refractivity contribution in [2.24, 2.45) is 11.7 Å². The van der Waals surface area contributed by atoms with E-state index >= 15 is 0 Å². The van der Waals surface area contributed by atoms with Gasteiger partial charge in [-0.05, 0) is 31.6 Å². The Bertz CT molecular complexity index is 245. The number of amides is 1. The lowest BCUT2D eigenvalue weighted by molar-refractivity contribution is -0.132. The lowest BCUT2D eigenvalue weighted by Crippen LogP contribution is -2.37. The Labute approximate surface area is 109 Å². The van der Waals surface area contributed by atoms with E-state index in [1.807, 2.05) is 0 Å². The van der Waals surface area contributed by atoms with Gasteiger partial charge in [-0.3, -0.25) is 4.79 Å². The van der Waals surface area contributed by atoms with Gasteiger partial charge in [0.25, 0.3) is 0 Å². The highest BCUT2D eigenvalue weighted by Crippen LogP contribution is 2.24. The second-order valence-electron chi connectivity index (χ2n) is 4.96. The third-order valence-electron chi connectivity index (χ3n) is 3.70. The summed E-state index contributed by atoms with van der Waals surface area (Å²) in [6.07, 6.45) is 6.72. The molecule has 1 aliphatic heterocycles. The van der Waals surface area contributed by atoms with Crippen molar-refractivity contribution < 1.29 is 9.53 Å². The van der Waals surface area contributed by atoms with Crippen LogP contribution in [0.2, 0.25) is 0 Å². The molecular formula is C12H23ClN2O2. The molecule has 2 rings (SSSR count). The van der Waals surface area contributed by atoms with E-state index in [0.29, 0.717) is 12.5 Å². The molecule has 1 heterocycles. The van der Waals surface area contributed by atoms with Crippen molar-refractivity contribution in [3.8, 4) is 0 Å². The number of nitrogens with one attached hydrogen (secondary N) is 1. The molecule has 0 bridgehead atoms.